The van der Waals surface area contributed by atoms with Gasteiger partial charge in [0.2, 0.25) is 0 Å². The predicted octanol–water partition coefficient (Wildman–Crippen LogP) is 4.40. The zero-order valence-corrected chi connectivity index (χ0v) is 14.7. The third-order valence-electron chi connectivity index (χ3n) is 3.85. The number of thiophene rings is 1. The number of aryl methyl sites for hydroxylation is 1. The number of benzene rings is 2. The maximum atomic E-state index is 12.2. The largest absolute Gasteiger partial charge is 0.453 e. The number of hydrogen-bond donors (Lipinski definition) is 1. The van der Waals surface area contributed by atoms with Crippen molar-refractivity contribution in [3.63, 3.8) is 0 Å². The summed E-state index contributed by atoms with van der Waals surface area (Å²) in [5.74, 6) is -0.700. The first-order valence-electron chi connectivity index (χ1n) is 8.13. The van der Waals surface area contributed by atoms with E-state index in [-0.39, 0.29) is 18.3 Å². The molecule has 2 aromatic carbocycles. The summed E-state index contributed by atoms with van der Waals surface area (Å²) in [5, 5.41) is 6.91. The van der Waals surface area contributed by atoms with Crippen LogP contribution in [-0.2, 0) is 20.7 Å². The van der Waals surface area contributed by atoms with Gasteiger partial charge in [0, 0.05) is 10.6 Å². The van der Waals surface area contributed by atoms with Crippen LogP contribution in [0.3, 0.4) is 0 Å². The van der Waals surface area contributed by atoms with E-state index in [4.69, 9.17) is 4.74 Å². The maximum absolute atomic E-state index is 12.2. The number of esters is 1. The van der Waals surface area contributed by atoms with Crippen molar-refractivity contribution in [1.29, 1.82) is 0 Å². The van der Waals surface area contributed by atoms with E-state index in [0.29, 0.717) is 12.1 Å². The maximum Gasteiger partial charge on any atom is 0.306 e. The molecule has 3 aromatic rings. The van der Waals surface area contributed by atoms with Gasteiger partial charge in [0.1, 0.15) is 0 Å². The molecule has 0 unspecified atom stereocenters. The van der Waals surface area contributed by atoms with E-state index < -0.39 is 6.10 Å². The first kappa shape index (κ1) is 17.2. The van der Waals surface area contributed by atoms with Crippen LogP contribution in [0.4, 0.5) is 5.69 Å². The Hall–Kier alpha value is -2.66. The molecular formula is C20H19NO3S. The van der Waals surface area contributed by atoms with Gasteiger partial charge in [0.25, 0.3) is 5.91 Å². The molecular weight excluding hydrogens is 334 g/mol. The van der Waals surface area contributed by atoms with Crippen LogP contribution in [0.15, 0.2) is 60.0 Å². The summed E-state index contributed by atoms with van der Waals surface area (Å²) in [6.45, 7) is 1.58. The van der Waals surface area contributed by atoms with Crippen molar-refractivity contribution in [2.75, 3.05) is 5.32 Å². The molecule has 1 aromatic heterocycles. The summed E-state index contributed by atoms with van der Waals surface area (Å²) in [5.41, 5.74) is 0.685. The van der Waals surface area contributed by atoms with Crippen LogP contribution in [-0.4, -0.2) is 18.0 Å². The van der Waals surface area contributed by atoms with E-state index in [9.17, 15) is 9.59 Å². The molecule has 0 aliphatic carbocycles. The van der Waals surface area contributed by atoms with Crippen molar-refractivity contribution < 1.29 is 14.3 Å². The number of amides is 1. The second-order valence-corrected chi connectivity index (χ2v) is 6.79. The Bertz CT molecular complexity index is 874. The number of anilines is 1. The molecule has 5 heteroatoms. The van der Waals surface area contributed by atoms with E-state index in [1.807, 2.05) is 60.0 Å². The predicted molar refractivity (Wildman–Crippen MR) is 101 cm³/mol. The average Bonchev–Trinajstić information content (AvgIpc) is 3.13. The second kappa shape index (κ2) is 7.94. The third kappa shape index (κ3) is 4.67. The number of hydrogen-bond acceptors (Lipinski definition) is 4. The normalized spacial score (nSPS) is 11.9. The van der Waals surface area contributed by atoms with E-state index in [1.54, 1.807) is 18.3 Å². The smallest absolute Gasteiger partial charge is 0.306 e. The van der Waals surface area contributed by atoms with Crippen molar-refractivity contribution in [3.05, 3.63) is 64.9 Å². The van der Waals surface area contributed by atoms with Gasteiger partial charge >= 0.3 is 5.97 Å². The topological polar surface area (TPSA) is 55.4 Å². The number of carbonyl (C=O) groups is 2. The van der Waals surface area contributed by atoms with Crippen LogP contribution in [0.5, 0.6) is 0 Å². The van der Waals surface area contributed by atoms with Gasteiger partial charge in [-0.25, -0.2) is 0 Å². The molecule has 0 saturated carbocycles. The van der Waals surface area contributed by atoms with Crippen LogP contribution >= 0.6 is 11.3 Å². The Balaban J connectivity index is 1.53. The van der Waals surface area contributed by atoms with Gasteiger partial charge in [0.15, 0.2) is 6.10 Å². The Kier molecular flexibility index (Phi) is 5.46. The van der Waals surface area contributed by atoms with Gasteiger partial charge < -0.3 is 10.1 Å². The van der Waals surface area contributed by atoms with Crippen molar-refractivity contribution in [3.8, 4) is 0 Å². The highest BCUT2D eigenvalue weighted by Gasteiger charge is 2.18. The first-order chi connectivity index (χ1) is 12.1. The summed E-state index contributed by atoms with van der Waals surface area (Å²) in [6.07, 6.45) is 0.0752. The first-order valence-corrected chi connectivity index (χ1v) is 9.01. The molecule has 3 rings (SSSR count). The number of carbonyl (C=O) groups excluding carboxylic acids is 2. The van der Waals surface area contributed by atoms with Crippen molar-refractivity contribution in [2.45, 2.75) is 25.9 Å². The fourth-order valence-corrected chi connectivity index (χ4v) is 3.21. The molecule has 1 atom stereocenters. The van der Waals surface area contributed by atoms with Gasteiger partial charge in [-0.15, -0.1) is 11.3 Å². The quantitative estimate of drug-likeness (QED) is 0.668. The van der Waals surface area contributed by atoms with Gasteiger partial charge in [-0.1, -0.05) is 36.4 Å². The number of fused-ring (bicyclic) bond motifs is 1. The number of rotatable bonds is 6. The fraction of sp³-hybridized carbons (Fsp3) is 0.200. The molecule has 0 spiro atoms. The highest BCUT2D eigenvalue weighted by molar-refractivity contribution is 7.09. The molecule has 0 radical (unpaired) electrons. The van der Waals surface area contributed by atoms with E-state index in [2.05, 4.69) is 5.32 Å². The minimum absolute atomic E-state index is 0.272. The molecule has 1 amide bonds. The number of nitrogens with one attached hydrogen (secondary N) is 1. The van der Waals surface area contributed by atoms with Crippen LogP contribution in [0.25, 0.3) is 10.8 Å². The molecule has 1 N–H and O–H groups in total. The van der Waals surface area contributed by atoms with Crippen LogP contribution in [0.1, 0.15) is 18.2 Å². The molecule has 0 aliphatic heterocycles. The second-order valence-electron chi connectivity index (χ2n) is 5.76. The highest BCUT2D eigenvalue weighted by atomic mass is 32.1. The van der Waals surface area contributed by atoms with Crippen molar-refractivity contribution in [2.24, 2.45) is 0 Å². The van der Waals surface area contributed by atoms with E-state index >= 15 is 0 Å². The lowest BCUT2D eigenvalue weighted by atomic mass is 10.1. The minimum atomic E-state index is -0.831. The lowest BCUT2D eigenvalue weighted by Gasteiger charge is -2.14. The van der Waals surface area contributed by atoms with Crippen molar-refractivity contribution in [1.82, 2.24) is 0 Å². The summed E-state index contributed by atoms with van der Waals surface area (Å²) in [7, 11) is 0. The van der Waals surface area contributed by atoms with Crippen LogP contribution in [0, 0.1) is 0 Å². The third-order valence-corrected chi connectivity index (χ3v) is 4.79. The lowest BCUT2D eigenvalue weighted by Crippen LogP contribution is -2.30. The standard InChI is InChI=1S/C20H19NO3S/c1-14(24-19(22)11-10-18-7-4-12-25-18)20(23)21-17-9-8-15-5-2-3-6-16(15)13-17/h2-9,12-14H,10-11H2,1H3,(H,21,23)/t14-/m0/s1. The molecule has 0 aliphatic rings. The Labute approximate surface area is 150 Å². The molecule has 0 bridgehead atoms. The lowest BCUT2D eigenvalue weighted by molar-refractivity contribution is -0.153. The van der Waals surface area contributed by atoms with Gasteiger partial charge in [-0.2, -0.15) is 0 Å². The molecule has 128 valence electrons. The summed E-state index contributed by atoms with van der Waals surface area (Å²) >= 11 is 1.61. The molecule has 25 heavy (non-hydrogen) atoms. The van der Waals surface area contributed by atoms with Gasteiger partial charge in [0.05, 0.1) is 6.42 Å². The fourth-order valence-electron chi connectivity index (χ4n) is 2.50. The summed E-state index contributed by atoms with van der Waals surface area (Å²) in [6, 6.07) is 17.5. The monoisotopic (exact) mass is 353 g/mol. The Morgan fingerprint density at radius 1 is 1.08 bits per heavy atom. The SMILES string of the molecule is C[C@H](OC(=O)CCc1cccs1)C(=O)Nc1ccc2ccccc2c1. The van der Waals surface area contributed by atoms with Crippen LogP contribution < -0.4 is 5.32 Å². The van der Waals surface area contributed by atoms with Crippen LogP contribution in [0.2, 0.25) is 0 Å². The molecule has 1 heterocycles. The van der Waals surface area contributed by atoms with Gasteiger partial charge in [-0.3, -0.25) is 9.59 Å². The minimum Gasteiger partial charge on any atom is -0.453 e. The summed E-state index contributed by atoms with van der Waals surface area (Å²) in [4.78, 5) is 25.2. The van der Waals surface area contributed by atoms with Gasteiger partial charge in [-0.05, 0) is 47.7 Å². The zero-order chi connectivity index (χ0) is 17.6. The Morgan fingerprint density at radius 3 is 2.64 bits per heavy atom. The molecule has 4 nitrogen and oxygen atoms in total. The Morgan fingerprint density at radius 2 is 1.88 bits per heavy atom. The molecule has 0 fully saturated rings. The highest BCUT2D eigenvalue weighted by Crippen LogP contribution is 2.19. The van der Waals surface area contributed by atoms with E-state index in [0.717, 1.165) is 15.6 Å². The summed E-state index contributed by atoms with van der Waals surface area (Å²) < 4.78 is 5.22. The number of ether oxygens (including phenoxy) is 1. The van der Waals surface area contributed by atoms with E-state index in [1.165, 1.54) is 0 Å². The average molecular weight is 353 g/mol. The zero-order valence-electron chi connectivity index (χ0n) is 13.9. The molecule has 0 saturated heterocycles. The van der Waals surface area contributed by atoms with Crippen molar-refractivity contribution >= 4 is 39.7 Å².